The zero-order valence-corrected chi connectivity index (χ0v) is 10.4. The van der Waals surface area contributed by atoms with Crippen molar-refractivity contribution in [2.24, 2.45) is 0 Å². The van der Waals surface area contributed by atoms with Crippen LogP contribution in [0.2, 0.25) is 0 Å². The Hall–Kier alpha value is -2.90. The van der Waals surface area contributed by atoms with Crippen molar-refractivity contribution < 1.29 is 37.4 Å². The predicted octanol–water partition coefficient (Wildman–Crippen LogP) is 2.43. The van der Waals surface area contributed by atoms with E-state index in [1.165, 1.54) is 0 Å². The van der Waals surface area contributed by atoms with Gasteiger partial charge in [-0.15, -0.1) is 0 Å². The number of halogens is 4. The number of phenolic OH excluding ortho intramolecular Hbond substituents is 2. The van der Waals surface area contributed by atoms with E-state index in [-0.39, 0.29) is 0 Å². The number of phenols is 2. The summed E-state index contributed by atoms with van der Waals surface area (Å²) in [5.74, 6) is -13.0. The molecule has 0 spiro atoms. The summed E-state index contributed by atoms with van der Waals surface area (Å²) in [6.45, 7) is 0. The molecule has 0 heterocycles. The van der Waals surface area contributed by atoms with Gasteiger partial charge in [0.1, 0.15) is 11.5 Å². The quantitative estimate of drug-likeness (QED) is 0.289. The number of fused-ring (bicyclic) bond motifs is 2. The van der Waals surface area contributed by atoms with Gasteiger partial charge < -0.3 is 10.2 Å². The smallest absolute Gasteiger partial charge is 0.201 e. The lowest BCUT2D eigenvalue weighted by Crippen LogP contribution is -2.26. The molecule has 1 aliphatic rings. The molecule has 0 aromatic heterocycles. The molecule has 0 radical (unpaired) electrons. The van der Waals surface area contributed by atoms with E-state index in [1.807, 2.05) is 0 Å². The third-order valence-corrected chi connectivity index (χ3v) is 3.34. The van der Waals surface area contributed by atoms with Crippen molar-refractivity contribution in [3.63, 3.8) is 0 Å². The van der Waals surface area contributed by atoms with Gasteiger partial charge >= 0.3 is 0 Å². The first kappa shape index (κ1) is 14.1. The van der Waals surface area contributed by atoms with Crippen LogP contribution in [0.4, 0.5) is 17.6 Å². The Morgan fingerprint density at radius 3 is 1.23 bits per heavy atom. The number of hydrogen-bond donors (Lipinski definition) is 2. The highest BCUT2D eigenvalue weighted by molar-refractivity contribution is 6.30. The van der Waals surface area contributed by atoms with Crippen LogP contribution in [0.25, 0.3) is 0 Å². The van der Waals surface area contributed by atoms with Crippen molar-refractivity contribution in [3.8, 4) is 11.5 Å². The summed E-state index contributed by atoms with van der Waals surface area (Å²) in [5, 5.41) is 19.2. The molecule has 0 unspecified atom stereocenters. The molecule has 0 saturated heterocycles. The summed E-state index contributed by atoms with van der Waals surface area (Å²) in [7, 11) is 0. The monoisotopic (exact) mass is 312 g/mol. The van der Waals surface area contributed by atoms with E-state index >= 15 is 0 Å². The molecular formula is C14H4F4O4. The Bertz CT molecular complexity index is 817. The van der Waals surface area contributed by atoms with Gasteiger partial charge in [-0.25, -0.2) is 17.6 Å². The van der Waals surface area contributed by atoms with Crippen LogP contribution in [0, 0.1) is 23.3 Å². The van der Waals surface area contributed by atoms with Crippen LogP contribution < -0.4 is 0 Å². The van der Waals surface area contributed by atoms with E-state index < -0.39 is 68.6 Å². The van der Waals surface area contributed by atoms with Crippen LogP contribution in [0.5, 0.6) is 11.5 Å². The van der Waals surface area contributed by atoms with Crippen LogP contribution in [0.3, 0.4) is 0 Å². The molecule has 0 bridgehead atoms. The number of carbonyl (C=O) groups is 2. The third-order valence-electron chi connectivity index (χ3n) is 3.34. The maximum Gasteiger partial charge on any atom is 0.201 e. The second kappa shape index (κ2) is 4.30. The van der Waals surface area contributed by atoms with E-state index in [2.05, 4.69) is 0 Å². The number of carbonyl (C=O) groups excluding carboxylic acids is 2. The minimum absolute atomic E-state index is 0.790. The van der Waals surface area contributed by atoms with Gasteiger partial charge in [-0.3, -0.25) is 9.59 Å². The van der Waals surface area contributed by atoms with Gasteiger partial charge in [0.15, 0.2) is 23.3 Å². The van der Waals surface area contributed by atoms with Crippen molar-refractivity contribution in [2.75, 3.05) is 0 Å². The fraction of sp³-hybridized carbons (Fsp3) is 0. The standard InChI is InChI=1S/C14H4F4O4/c15-9-7-8(10(16)12(18)11(9)17)14(22)6-4(20)2-1-3(19)5(6)13(7)21/h1-2,19-20H. The first-order valence-electron chi connectivity index (χ1n) is 5.77. The molecule has 22 heavy (non-hydrogen) atoms. The molecule has 2 aromatic carbocycles. The van der Waals surface area contributed by atoms with Crippen molar-refractivity contribution in [1.29, 1.82) is 0 Å². The number of hydrogen-bond acceptors (Lipinski definition) is 4. The summed E-state index contributed by atoms with van der Waals surface area (Å²) in [6.07, 6.45) is 0. The molecule has 3 rings (SSSR count). The zero-order chi connectivity index (χ0) is 16.3. The SMILES string of the molecule is O=C1c2c(O)ccc(O)c2C(=O)c2c(F)c(F)c(F)c(F)c21. The maximum atomic E-state index is 13.8. The van der Waals surface area contributed by atoms with Crippen LogP contribution in [-0.2, 0) is 0 Å². The fourth-order valence-corrected chi connectivity index (χ4v) is 2.35. The Kier molecular flexibility index (Phi) is 2.74. The molecule has 0 saturated carbocycles. The zero-order valence-electron chi connectivity index (χ0n) is 10.4. The average Bonchev–Trinajstić information content (AvgIpc) is 2.48. The molecule has 112 valence electrons. The highest BCUT2D eigenvalue weighted by Gasteiger charge is 2.41. The number of aromatic hydroxyl groups is 2. The number of ketones is 2. The summed E-state index contributed by atoms with van der Waals surface area (Å²) in [6, 6.07) is 1.69. The molecule has 0 amide bonds. The van der Waals surface area contributed by atoms with Gasteiger partial charge in [0, 0.05) is 0 Å². The van der Waals surface area contributed by atoms with E-state index in [4.69, 9.17) is 0 Å². The Balaban J connectivity index is 2.50. The average molecular weight is 312 g/mol. The summed E-state index contributed by atoms with van der Waals surface area (Å²) >= 11 is 0. The van der Waals surface area contributed by atoms with Crippen LogP contribution in [0.1, 0.15) is 31.8 Å². The predicted molar refractivity (Wildman–Crippen MR) is 62.9 cm³/mol. The van der Waals surface area contributed by atoms with Crippen LogP contribution >= 0.6 is 0 Å². The third kappa shape index (κ3) is 1.51. The van der Waals surface area contributed by atoms with Gasteiger partial charge in [-0.2, -0.15) is 0 Å². The molecule has 0 atom stereocenters. The first-order valence-corrected chi connectivity index (χ1v) is 5.77. The Morgan fingerprint density at radius 1 is 0.591 bits per heavy atom. The number of rotatable bonds is 0. The lowest BCUT2D eigenvalue weighted by molar-refractivity contribution is 0.0964. The van der Waals surface area contributed by atoms with Crippen molar-refractivity contribution in [1.82, 2.24) is 0 Å². The first-order chi connectivity index (χ1) is 10.3. The minimum Gasteiger partial charge on any atom is -0.507 e. The fourth-order valence-electron chi connectivity index (χ4n) is 2.35. The lowest BCUT2D eigenvalue weighted by atomic mass is 9.82. The van der Waals surface area contributed by atoms with Gasteiger partial charge in [0.2, 0.25) is 11.6 Å². The van der Waals surface area contributed by atoms with Gasteiger partial charge in [-0.1, -0.05) is 0 Å². The molecule has 2 aromatic rings. The van der Waals surface area contributed by atoms with E-state index in [0.29, 0.717) is 0 Å². The molecule has 2 N–H and O–H groups in total. The van der Waals surface area contributed by atoms with E-state index in [9.17, 15) is 37.4 Å². The summed E-state index contributed by atoms with van der Waals surface area (Å²) in [4.78, 5) is 24.3. The normalized spacial score (nSPS) is 13.1. The Morgan fingerprint density at radius 2 is 0.909 bits per heavy atom. The molecule has 8 heteroatoms. The molecule has 0 fully saturated rings. The van der Waals surface area contributed by atoms with Gasteiger partial charge in [0.05, 0.1) is 22.3 Å². The van der Waals surface area contributed by atoms with Crippen molar-refractivity contribution in [2.45, 2.75) is 0 Å². The topological polar surface area (TPSA) is 74.6 Å². The van der Waals surface area contributed by atoms with E-state index in [0.717, 1.165) is 12.1 Å². The number of benzene rings is 2. The highest BCUT2D eigenvalue weighted by Crippen LogP contribution is 2.40. The molecule has 0 aliphatic heterocycles. The Labute approximate surface area is 119 Å². The lowest BCUT2D eigenvalue weighted by Gasteiger charge is -2.20. The minimum atomic E-state index is -2.25. The van der Waals surface area contributed by atoms with Gasteiger partial charge in [0.25, 0.3) is 0 Å². The maximum absolute atomic E-state index is 13.8. The summed E-state index contributed by atoms with van der Waals surface area (Å²) < 4.78 is 54.1. The van der Waals surface area contributed by atoms with E-state index in [1.54, 1.807) is 0 Å². The second-order valence-electron chi connectivity index (χ2n) is 4.52. The van der Waals surface area contributed by atoms with Crippen LogP contribution in [-0.4, -0.2) is 21.8 Å². The van der Waals surface area contributed by atoms with Crippen LogP contribution in [0.15, 0.2) is 12.1 Å². The molecule has 4 nitrogen and oxygen atoms in total. The molecular weight excluding hydrogens is 308 g/mol. The van der Waals surface area contributed by atoms with Crippen molar-refractivity contribution in [3.05, 3.63) is 57.7 Å². The second-order valence-corrected chi connectivity index (χ2v) is 4.52. The summed E-state index contributed by atoms with van der Waals surface area (Å²) in [5.41, 5.74) is -4.26. The largest absolute Gasteiger partial charge is 0.507 e. The van der Waals surface area contributed by atoms with Crippen molar-refractivity contribution >= 4 is 11.6 Å². The van der Waals surface area contributed by atoms with Gasteiger partial charge in [-0.05, 0) is 12.1 Å². The highest BCUT2D eigenvalue weighted by atomic mass is 19.2. The molecule has 1 aliphatic carbocycles.